The van der Waals surface area contributed by atoms with E-state index in [1.165, 1.54) is 28.6 Å². The van der Waals surface area contributed by atoms with Crippen LogP contribution in [0.25, 0.3) is 0 Å². The van der Waals surface area contributed by atoms with E-state index in [2.05, 4.69) is 5.32 Å². The van der Waals surface area contributed by atoms with Gasteiger partial charge in [0.05, 0.1) is 11.4 Å². The maximum Gasteiger partial charge on any atom is 0.243 e. The van der Waals surface area contributed by atoms with Gasteiger partial charge in [-0.2, -0.15) is 4.31 Å². The van der Waals surface area contributed by atoms with Crippen LogP contribution in [0, 0.1) is 5.92 Å². The Hall–Kier alpha value is -1.89. The minimum atomic E-state index is -3.82. The lowest BCUT2D eigenvalue weighted by Gasteiger charge is -2.22. The first-order valence-electron chi connectivity index (χ1n) is 8.51. The summed E-state index contributed by atoms with van der Waals surface area (Å²) in [5.74, 6) is 0.250. The summed E-state index contributed by atoms with van der Waals surface area (Å²) in [7, 11) is -3.82. The second-order valence-electron chi connectivity index (χ2n) is 6.46. The molecule has 1 aliphatic carbocycles. The van der Waals surface area contributed by atoms with Crippen LogP contribution in [0.2, 0.25) is 5.02 Å². The van der Waals surface area contributed by atoms with Gasteiger partial charge in [-0.25, -0.2) is 8.42 Å². The van der Waals surface area contributed by atoms with Crippen LogP contribution in [-0.2, 0) is 21.4 Å². The van der Waals surface area contributed by atoms with Crippen molar-refractivity contribution in [2.75, 3.05) is 13.1 Å². The summed E-state index contributed by atoms with van der Waals surface area (Å²) in [5.41, 5.74) is 0.819. The fourth-order valence-electron chi connectivity index (χ4n) is 2.56. The third kappa shape index (κ3) is 5.06. The van der Waals surface area contributed by atoms with Crippen molar-refractivity contribution >= 4 is 27.5 Å². The molecule has 0 aromatic heterocycles. The van der Waals surface area contributed by atoms with E-state index in [1.807, 2.05) is 30.3 Å². The largest absolute Gasteiger partial charge is 0.355 e. The molecule has 0 radical (unpaired) electrons. The molecule has 2 aromatic rings. The van der Waals surface area contributed by atoms with Crippen molar-refractivity contribution in [3.05, 3.63) is 65.2 Å². The molecule has 1 N–H and O–H groups in total. The Morgan fingerprint density at radius 3 is 2.35 bits per heavy atom. The van der Waals surface area contributed by atoms with Gasteiger partial charge >= 0.3 is 0 Å². The van der Waals surface area contributed by atoms with Crippen molar-refractivity contribution in [2.24, 2.45) is 5.92 Å². The van der Waals surface area contributed by atoms with E-state index < -0.39 is 10.0 Å². The number of benzene rings is 2. The number of sulfonamides is 1. The standard InChI is InChI=1S/C19H21ClN2O3S/c20-17-8-10-18(11-9-17)26(24,25)22(13-16-4-2-1-3-5-16)14-19(23)21-12-15-6-7-15/h1-5,8-11,15H,6-7,12-14H2,(H,21,23). The number of rotatable bonds is 8. The van der Waals surface area contributed by atoms with Crippen molar-refractivity contribution in [2.45, 2.75) is 24.3 Å². The van der Waals surface area contributed by atoms with Gasteiger partial charge in [-0.3, -0.25) is 4.79 Å². The Morgan fingerprint density at radius 1 is 1.08 bits per heavy atom. The van der Waals surface area contributed by atoms with E-state index in [4.69, 9.17) is 11.6 Å². The lowest BCUT2D eigenvalue weighted by Crippen LogP contribution is -2.40. The maximum atomic E-state index is 13.0. The van der Waals surface area contributed by atoms with Gasteiger partial charge in [0.1, 0.15) is 0 Å². The maximum absolute atomic E-state index is 13.0. The molecule has 1 fully saturated rings. The van der Waals surface area contributed by atoms with Crippen LogP contribution in [0.5, 0.6) is 0 Å². The van der Waals surface area contributed by atoms with Crippen molar-refractivity contribution in [1.29, 1.82) is 0 Å². The lowest BCUT2D eigenvalue weighted by atomic mass is 10.2. The average Bonchev–Trinajstić information content (AvgIpc) is 3.45. The van der Waals surface area contributed by atoms with Gasteiger partial charge in [-0.15, -0.1) is 0 Å². The first kappa shape index (κ1) is 18.9. The molecule has 1 aliphatic rings. The second-order valence-corrected chi connectivity index (χ2v) is 8.83. The van der Waals surface area contributed by atoms with Crippen molar-refractivity contribution in [3.8, 4) is 0 Å². The lowest BCUT2D eigenvalue weighted by molar-refractivity contribution is -0.121. The molecule has 0 unspecified atom stereocenters. The normalized spacial score (nSPS) is 14.4. The summed E-state index contributed by atoms with van der Waals surface area (Å²) in [5, 5.41) is 3.29. The van der Waals surface area contributed by atoms with E-state index in [1.54, 1.807) is 0 Å². The average molecular weight is 393 g/mol. The molecule has 5 nitrogen and oxygen atoms in total. The molecule has 1 saturated carbocycles. The summed E-state index contributed by atoms with van der Waals surface area (Å²) < 4.78 is 27.3. The molecule has 7 heteroatoms. The fraction of sp³-hybridized carbons (Fsp3) is 0.316. The summed E-state index contributed by atoms with van der Waals surface area (Å²) in [6.45, 7) is 0.522. The van der Waals surface area contributed by atoms with Gasteiger partial charge in [0, 0.05) is 18.1 Å². The highest BCUT2D eigenvalue weighted by Gasteiger charge is 2.28. The molecule has 0 bridgehead atoms. The Morgan fingerprint density at radius 2 is 1.73 bits per heavy atom. The molecule has 0 atom stereocenters. The van der Waals surface area contributed by atoms with Gasteiger partial charge in [0.25, 0.3) is 0 Å². The van der Waals surface area contributed by atoms with Gasteiger partial charge in [0.15, 0.2) is 0 Å². The third-order valence-corrected chi connectivity index (χ3v) is 6.32. The third-order valence-electron chi connectivity index (χ3n) is 4.26. The van der Waals surface area contributed by atoms with E-state index in [0.29, 0.717) is 17.5 Å². The summed E-state index contributed by atoms with van der Waals surface area (Å²) in [6.07, 6.45) is 2.24. The van der Waals surface area contributed by atoms with Gasteiger partial charge in [0.2, 0.25) is 15.9 Å². The molecular formula is C19H21ClN2O3S. The van der Waals surface area contributed by atoms with Crippen molar-refractivity contribution in [1.82, 2.24) is 9.62 Å². The highest BCUT2D eigenvalue weighted by Crippen LogP contribution is 2.27. The Balaban J connectivity index is 1.80. The van der Waals surface area contributed by atoms with Crippen LogP contribution in [0.15, 0.2) is 59.5 Å². The molecule has 26 heavy (non-hydrogen) atoms. The molecule has 0 spiro atoms. The molecule has 0 saturated heterocycles. The van der Waals surface area contributed by atoms with Gasteiger partial charge < -0.3 is 5.32 Å². The summed E-state index contributed by atoms with van der Waals surface area (Å²) in [4.78, 5) is 12.4. The number of amides is 1. The number of hydrogen-bond donors (Lipinski definition) is 1. The predicted molar refractivity (Wildman–Crippen MR) is 101 cm³/mol. The molecule has 138 valence electrons. The highest BCUT2D eigenvalue weighted by molar-refractivity contribution is 7.89. The molecule has 1 amide bonds. The molecule has 3 rings (SSSR count). The van der Waals surface area contributed by atoms with Crippen molar-refractivity contribution in [3.63, 3.8) is 0 Å². The minimum absolute atomic E-state index is 0.118. The smallest absolute Gasteiger partial charge is 0.243 e. The molecular weight excluding hydrogens is 372 g/mol. The zero-order valence-corrected chi connectivity index (χ0v) is 15.8. The number of hydrogen-bond acceptors (Lipinski definition) is 3. The predicted octanol–water partition coefficient (Wildman–Crippen LogP) is 3.06. The Kier molecular flexibility index (Phi) is 5.96. The summed E-state index contributed by atoms with van der Waals surface area (Å²) >= 11 is 5.86. The van der Waals surface area contributed by atoms with E-state index in [0.717, 1.165) is 18.4 Å². The highest BCUT2D eigenvalue weighted by atomic mass is 35.5. The SMILES string of the molecule is O=C(CN(Cc1ccccc1)S(=O)(=O)c1ccc(Cl)cc1)NCC1CC1. The second kappa shape index (κ2) is 8.20. The zero-order chi connectivity index (χ0) is 18.6. The Labute approximate surface area is 159 Å². The number of nitrogens with zero attached hydrogens (tertiary/aromatic N) is 1. The van der Waals surface area contributed by atoms with Gasteiger partial charge in [-0.05, 0) is 48.6 Å². The first-order valence-corrected chi connectivity index (χ1v) is 10.3. The topological polar surface area (TPSA) is 66.5 Å². The van der Waals surface area contributed by atoms with Crippen LogP contribution in [0.3, 0.4) is 0 Å². The van der Waals surface area contributed by atoms with E-state index >= 15 is 0 Å². The fourth-order valence-corrected chi connectivity index (χ4v) is 4.08. The monoisotopic (exact) mass is 392 g/mol. The van der Waals surface area contributed by atoms with Crippen LogP contribution in [0.1, 0.15) is 18.4 Å². The first-order chi connectivity index (χ1) is 12.4. The van der Waals surface area contributed by atoms with Crippen LogP contribution in [-0.4, -0.2) is 31.7 Å². The quantitative estimate of drug-likeness (QED) is 0.750. The van der Waals surface area contributed by atoms with Gasteiger partial charge in [-0.1, -0.05) is 41.9 Å². The number of carbonyl (C=O) groups excluding carboxylic acids is 1. The number of halogens is 1. The number of carbonyl (C=O) groups is 1. The van der Waals surface area contributed by atoms with Crippen molar-refractivity contribution < 1.29 is 13.2 Å². The molecule has 0 heterocycles. The number of nitrogens with one attached hydrogen (secondary N) is 1. The molecule has 0 aliphatic heterocycles. The van der Waals surface area contributed by atoms with Crippen LogP contribution < -0.4 is 5.32 Å². The zero-order valence-electron chi connectivity index (χ0n) is 14.3. The van der Waals surface area contributed by atoms with E-state index in [-0.39, 0.29) is 23.9 Å². The summed E-state index contributed by atoms with van der Waals surface area (Å²) in [6, 6.07) is 15.2. The Bertz CT molecular complexity index is 850. The van der Waals surface area contributed by atoms with Crippen LogP contribution in [0.4, 0.5) is 0 Å². The van der Waals surface area contributed by atoms with E-state index in [9.17, 15) is 13.2 Å². The minimum Gasteiger partial charge on any atom is -0.355 e. The van der Waals surface area contributed by atoms with Crippen LogP contribution >= 0.6 is 11.6 Å². The molecule has 2 aromatic carbocycles.